The molecule has 0 amide bonds. The van der Waals surface area contributed by atoms with Gasteiger partial charge in [-0.3, -0.25) is 10.1 Å². The molecule has 18 heavy (non-hydrogen) atoms. The summed E-state index contributed by atoms with van der Waals surface area (Å²) in [6.07, 6.45) is 0. The summed E-state index contributed by atoms with van der Waals surface area (Å²) >= 11 is 0. The predicted octanol–water partition coefficient (Wildman–Crippen LogP) is 1.55. The maximum Gasteiger partial charge on any atom is 0.273 e. The standard InChI is InChI=1S/C8H10N2O3.C4H11N/c9-4-5-13-8-3-1-2-7(6-8)10(11)12;1-3-5-4-2/h1-3,6H,4-5,9H2;5H,3-4H2,1-2H3. The number of nitro groups is 1. The molecule has 0 aliphatic carbocycles. The lowest BCUT2D eigenvalue weighted by atomic mass is 10.3. The normalized spacial score (nSPS) is 9.28. The van der Waals surface area contributed by atoms with Crippen molar-refractivity contribution in [3.05, 3.63) is 34.4 Å². The molecule has 0 saturated carbocycles. The molecule has 0 unspecified atom stereocenters. The van der Waals surface area contributed by atoms with Gasteiger partial charge in [-0.1, -0.05) is 19.9 Å². The molecule has 0 aliphatic rings. The van der Waals surface area contributed by atoms with Gasteiger partial charge in [0.1, 0.15) is 12.4 Å². The van der Waals surface area contributed by atoms with Crippen LogP contribution in [0.2, 0.25) is 0 Å². The van der Waals surface area contributed by atoms with Crippen LogP contribution in [0.4, 0.5) is 5.69 Å². The highest BCUT2D eigenvalue weighted by molar-refractivity contribution is 5.37. The first-order valence-electron chi connectivity index (χ1n) is 5.93. The van der Waals surface area contributed by atoms with E-state index in [2.05, 4.69) is 19.2 Å². The maximum absolute atomic E-state index is 10.4. The van der Waals surface area contributed by atoms with E-state index in [1.165, 1.54) is 12.1 Å². The number of nitrogens with two attached hydrogens (primary N) is 1. The fourth-order valence-electron chi connectivity index (χ4n) is 1.11. The lowest BCUT2D eigenvalue weighted by Gasteiger charge is -2.02. The van der Waals surface area contributed by atoms with E-state index in [4.69, 9.17) is 10.5 Å². The van der Waals surface area contributed by atoms with Crippen molar-refractivity contribution in [2.24, 2.45) is 5.73 Å². The molecule has 1 aromatic rings. The first-order chi connectivity index (χ1) is 8.65. The molecule has 0 aliphatic heterocycles. The summed E-state index contributed by atoms with van der Waals surface area (Å²) in [5, 5.41) is 13.5. The minimum Gasteiger partial charge on any atom is -0.492 e. The van der Waals surface area contributed by atoms with Crippen LogP contribution in [0.25, 0.3) is 0 Å². The number of hydrogen-bond acceptors (Lipinski definition) is 5. The Hall–Kier alpha value is -1.66. The quantitative estimate of drug-likeness (QED) is 0.594. The SMILES string of the molecule is CCNCC.NCCOc1cccc([N+](=O)[O-])c1. The fourth-order valence-corrected chi connectivity index (χ4v) is 1.11. The Morgan fingerprint density at radius 1 is 1.39 bits per heavy atom. The number of nitrogens with one attached hydrogen (secondary N) is 1. The van der Waals surface area contributed by atoms with E-state index in [0.29, 0.717) is 18.9 Å². The van der Waals surface area contributed by atoms with Crippen molar-refractivity contribution in [3.8, 4) is 5.75 Å². The lowest BCUT2D eigenvalue weighted by molar-refractivity contribution is -0.384. The van der Waals surface area contributed by atoms with E-state index < -0.39 is 4.92 Å². The molecular weight excluding hydrogens is 234 g/mol. The van der Waals surface area contributed by atoms with Crippen LogP contribution in [-0.2, 0) is 0 Å². The van der Waals surface area contributed by atoms with E-state index in [9.17, 15) is 10.1 Å². The Labute approximate surface area is 107 Å². The molecule has 1 aromatic carbocycles. The van der Waals surface area contributed by atoms with Crippen LogP contribution in [-0.4, -0.2) is 31.2 Å². The minimum absolute atomic E-state index is 0.0227. The highest BCUT2D eigenvalue weighted by atomic mass is 16.6. The third kappa shape index (κ3) is 7.59. The number of nitro benzene ring substituents is 1. The summed E-state index contributed by atoms with van der Waals surface area (Å²) in [7, 11) is 0. The second kappa shape index (κ2) is 10.5. The Kier molecular flexibility index (Phi) is 9.52. The molecule has 102 valence electrons. The van der Waals surface area contributed by atoms with Gasteiger partial charge >= 0.3 is 0 Å². The summed E-state index contributed by atoms with van der Waals surface area (Å²) in [4.78, 5) is 9.89. The molecule has 0 aromatic heterocycles. The molecule has 0 bridgehead atoms. The highest BCUT2D eigenvalue weighted by Gasteiger charge is 2.05. The Morgan fingerprint density at radius 2 is 2.06 bits per heavy atom. The van der Waals surface area contributed by atoms with Gasteiger partial charge < -0.3 is 15.8 Å². The zero-order chi connectivity index (χ0) is 13.8. The van der Waals surface area contributed by atoms with Crippen LogP contribution in [0.1, 0.15) is 13.8 Å². The van der Waals surface area contributed by atoms with Gasteiger partial charge in [0.05, 0.1) is 11.0 Å². The maximum atomic E-state index is 10.4. The number of hydrogen-bond donors (Lipinski definition) is 2. The van der Waals surface area contributed by atoms with Crippen molar-refractivity contribution in [2.45, 2.75) is 13.8 Å². The van der Waals surface area contributed by atoms with Gasteiger partial charge in [-0.15, -0.1) is 0 Å². The smallest absolute Gasteiger partial charge is 0.273 e. The summed E-state index contributed by atoms with van der Waals surface area (Å²) in [6, 6.07) is 6.01. The second-order valence-corrected chi connectivity index (χ2v) is 3.35. The average Bonchev–Trinajstić information content (AvgIpc) is 2.38. The van der Waals surface area contributed by atoms with Crippen LogP contribution in [0.15, 0.2) is 24.3 Å². The van der Waals surface area contributed by atoms with E-state index in [-0.39, 0.29) is 5.69 Å². The topological polar surface area (TPSA) is 90.4 Å². The second-order valence-electron chi connectivity index (χ2n) is 3.35. The molecule has 0 saturated heterocycles. The zero-order valence-corrected chi connectivity index (χ0v) is 10.9. The van der Waals surface area contributed by atoms with E-state index in [1.54, 1.807) is 12.1 Å². The van der Waals surface area contributed by atoms with Gasteiger partial charge in [0.25, 0.3) is 5.69 Å². The van der Waals surface area contributed by atoms with Crippen molar-refractivity contribution in [1.82, 2.24) is 5.32 Å². The van der Waals surface area contributed by atoms with Crippen molar-refractivity contribution in [3.63, 3.8) is 0 Å². The summed E-state index contributed by atoms with van der Waals surface area (Å²) < 4.78 is 5.12. The first kappa shape index (κ1) is 16.3. The fraction of sp³-hybridized carbons (Fsp3) is 0.500. The number of nitrogens with zero attached hydrogens (tertiary/aromatic N) is 1. The summed E-state index contributed by atoms with van der Waals surface area (Å²) in [5.41, 5.74) is 5.24. The van der Waals surface area contributed by atoms with Crippen LogP contribution >= 0.6 is 0 Å². The third-order valence-corrected chi connectivity index (χ3v) is 1.92. The van der Waals surface area contributed by atoms with E-state index >= 15 is 0 Å². The Bertz CT molecular complexity index is 343. The molecule has 6 nitrogen and oxygen atoms in total. The van der Waals surface area contributed by atoms with Crippen LogP contribution in [0.5, 0.6) is 5.75 Å². The molecule has 0 spiro atoms. The molecule has 0 fully saturated rings. The first-order valence-corrected chi connectivity index (χ1v) is 5.93. The van der Waals surface area contributed by atoms with Crippen molar-refractivity contribution in [2.75, 3.05) is 26.2 Å². The molecule has 0 radical (unpaired) electrons. The molecule has 0 heterocycles. The highest BCUT2D eigenvalue weighted by Crippen LogP contribution is 2.18. The number of benzene rings is 1. The molecular formula is C12H21N3O3. The van der Waals surface area contributed by atoms with Gasteiger partial charge in [-0.05, 0) is 19.2 Å². The van der Waals surface area contributed by atoms with Crippen molar-refractivity contribution >= 4 is 5.69 Å². The van der Waals surface area contributed by atoms with Gasteiger partial charge in [0.15, 0.2) is 0 Å². The van der Waals surface area contributed by atoms with E-state index in [0.717, 1.165) is 13.1 Å². The minimum atomic E-state index is -0.463. The third-order valence-electron chi connectivity index (χ3n) is 1.92. The lowest BCUT2D eigenvalue weighted by Crippen LogP contribution is -2.10. The Balaban J connectivity index is 0.000000494. The zero-order valence-electron chi connectivity index (χ0n) is 10.9. The van der Waals surface area contributed by atoms with Crippen LogP contribution < -0.4 is 15.8 Å². The molecule has 6 heteroatoms. The summed E-state index contributed by atoms with van der Waals surface area (Å²) in [6.45, 7) is 7.14. The van der Waals surface area contributed by atoms with Gasteiger partial charge in [-0.2, -0.15) is 0 Å². The molecule has 1 rings (SSSR count). The van der Waals surface area contributed by atoms with Gasteiger partial charge in [0.2, 0.25) is 0 Å². The largest absolute Gasteiger partial charge is 0.492 e. The van der Waals surface area contributed by atoms with Crippen molar-refractivity contribution in [1.29, 1.82) is 0 Å². The average molecular weight is 255 g/mol. The van der Waals surface area contributed by atoms with Crippen LogP contribution in [0, 0.1) is 10.1 Å². The monoisotopic (exact) mass is 255 g/mol. The summed E-state index contributed by atoms with van der Waals surface area (Å²) in [5.74, 6) is 0.472. The van der Waals surface area contributed by atoms with E-state index in [1.807, 2.05) is 0 Å². The van der Waals surface area contributed by atoms with Gasteiger partial charge in [-0.25, -0.2) is 0 Å². The number of rotatable bonds is 6. The van der Waals surface area contributed by atoms with Gasteiger partial charge in [0, 0.05) is 12.6 Å². The Morgan fingerprint density at radius 3 is 2.50 bits per heavy atom. The predicted molar refractivity (Wildman–Crippen MR) is 71.9 cm³/mol. The van der Waals surface area contributed by atoms with Crippen LogP contribution in [0.3, 0.4) is 0 Å². The van der Waals surface area contributed by atoms with Crippen molar-refractivity contribution < 1.29 is 9.66 Å². The molecule has 3 N–H and O–H groups in total. The number of ether oxygens (including phenoxy) is 1. The molecule has 0 atom stereocenters. The number of non-ortho nitro benzene ring substituents is 1.